The Morgan fingerprint density at radius 2 is 2.23 bits per heavy atom. The van der Waals surface area contributed by atoms with Gasteiger partial charge in [0.2, 0.25) is 0 Å². The van der Waals surface area contributed by atoms with Crippen LogP contribution in [0.3, 0.4) is 0 Å². The molecule has 0 aliphatic rings. The normalized spacial score (nSPS) is 10.9. The Morgan fingerprint density at radius 1 is 1.62 bits per heavy atom. The summed E-state index contributed by atoms with van der Waals surface area (Å²) in [6.45, 7) is 1.73. The number of alkyl halides is 3. The summed E-state index contributed by atoms with van der Waals surface area (Å²) < 4.78 is 24.8. The number of rotatable bonds is 2. The van der Waals surface area contributed by atoms with Crippen LogP contribution in [0.1, 0.15) is 23.2 Å². The summed E-state index contributed by atoms with van der Waals surface area (Å²) in [5, 5.41) is 0.498. The maximum atomic E-state index is 12.4. The van der Waals surface area contributed by atoms with Gasteiger partial charge in [-0.15, -0.1) is 0 Å². The fourth-order valence-electron chi connectivity index (χ4n) is 0.957. The second-order valence-corrected chi connectivity index (χ2v) is 3.49. The third-order valence-corrected chi connectivity index (χ3v) is 2.60. The second kappa shape index (κ2) is 4.33. The smallest absolute Gasteiger partial charge is 0.235 e. The molecule has 1 aromatic heterocycles. The van der Waals surface area contributed by atoms with E-state index in [9.17, 15) is 8.78 Å². The molecule has 0 bridgehead atoms. The number of aryl methyl sites for hydroxylation is 1. The fraction of sp³-hybridized carbons (Fsp3) is 0.375. The molecule has 0 aliphatic heterocycles. The zero-order valence-electron chi connectivity index (χ0n) is 6.82. The van der Waals surface area contributed by atoms with Gasteiger partial charge in [0, 0.05) is 5.33 Å². The highest BCUT2D eigenvalue weighted by atomic mass is 79.9. The molecule has 0 amide bonds. The van der Waals surface area contributed by atoms with Crippen LogP contribution in [0.15, 0.2) is 6.07 Å². The molecule has 0 aliphatic carbocycles. The lowest BCUT2D eigenvalue weighted by Crippen LogP contribution is -1.98. The van der Waals surface area contributed by atoms with Crippen molar-refractivity contribution in [1.29, 1.82) is 0 Å². The minimum absolute atomic E-state index is 0.139. The van der Waals surface area contributed by atoms with Crippen molar-refractivity contribution in [2.75, 3.05) is 0 Å². The van der Waals surface area contributed by atoms with Gasteiger partial charge in [-0.1, -0.05) is 33.6 Å². The third-order valence-electron chi connectivity index (χ3n) is 1.61. The van der Waals surface area contributed by atoms with Gasteiger partial charge in [0.15, 0.2) is 0 Å². The summed E-state index contributed by atoms with van der Waals surface area (Å²) in [5.74, 6) is 0. The highest BCUT2D eigenvalue weighted by Gasteiger charge is 2.15. The van der Waals surface area contributed by atoms with Crippen LogP contribution < -0.4 is 0 Å². The van der Waals surface area contributed by atoms with Crippen molar-refractivity contribution < 1.29 is 8.78 Å². The molecule has 0 N–H and O–H groups in total. The van der Waals surface area contributed by atoms with Crippen molar-refractivity contribution in [3.63, 3.8) is 0 Å². The van der Waals surface area contributed by atoms with Gasteiger partial charge in [-0.25, -0.2) is 13.8 Å². The first-order valence-corrected chi connectivity index (χ1v) is 5.06. The molecule has 1 nitrogen and oxygen atoms in total. The molecule has 0 atom stereocenters. The van der Waals surface area contributed by atoms with Crippen LogP contribution in [0.4, 0.5) is 8.78 Å². The van der Waals surface area contributed by atoms with E-state index in [1.807, 2.05) is 0 Å². The van der Waals surface area contributed by atoms with Crippen LogP contribution >= 0.6 is 27.5 Å². The first-order valence-electron chi connectivity index (χ1n) is 3.56. The van der Waals surface area contributed by atoms with Gasteiger partial charge in [0.25, 0.3) is 6.43 Å². The van der Waals surface area contributed by atoms with Crippen molar-refractivity contribution in [2.24, 2.45) is 0 Å². The number of hydrogen-bond donors (Lipinski definition) is 0. The van der Waals surface area contributed by atoms with E-state index < -0.39 is 6.43 Å². The van der Waals surface area contributed by atoms with Gasteiger partial charge < -0.3 is 0 Å². The Kier molecular flexibility index (Phi) is 3.62. The number of aromatic nitrogens is 1. The third kappa shape index (κ3) is 2.38. The second-order valence-electron chi connectivity index (χ2n) is 2.57. The van der Waals surface area contributed by atoms with E-state index in [0.717, 1.165) is 0 Å². The topological polar surface area (TPSA) is 12.9 Å². The summed E-state index contributed by atoms with van der Waals surface area (Å²) >= 11 is 8.75. The average molecular weight is 271 g/mol. The number of halogens is 4. The van der Waals surface area contributed by atoms with Crippen LogP contribution in [0.2, 0.25) is 5.15 Å². The van der Waals surface area contributed by atoms with E-state index in [4.69, 9.17) is 11.6 Å². The molecule has 1 rings (SSSR count). The van der Waals surface area contributed by atoms with Crippen LogP contribution in [-0.4, -0.2) is 4.98 Å². The lowest BCUT2D eigenvalue weighted by Gasteiger charge is -2.07. The fourth-order valence-corrected chi connectivity index (χ4v) is 1.55. The first-order chi connectivity index (χ1) is 6.06. The van der Waals surface area contributed by atoms with E-state index in [0.29, 0.717) is 16.5 Å². The molecule has 0 unspecified atom stereocenters. The number of hydrogen-bond acceptors (Lipinski definition) is 1. The van der Waals surface area contributed by atoms with Crippen molar-refractivity contribution in [1.82, 2.24) is 4.98 Å². The van der Waals surface area contributed by atoms with Crippen LogP contribution in [0.25, 0.3) is 0 Å². The van der Waals surface area contributed by atoms with Crippen LogP contribution in [-0.2, 0) is 5.33 Å². The predicted octanol–water partition coefficient (Wildman–Crippen LogP) is 3.88. The highest BCUT2D eigenvalue weighted by Crippen LogP contribution is 2.26. The molecular weight excluding hydrogens is 263 g/mol. The predicted molar refractivity (Wildman–Crippen MR) is 51.6 cm³/mol. The SMILES string of the molecule is Cc1cc(CBr)c(C(F)F)nc1Cl. The molecule has 0 fully saturated rings. The van der Waals surface area contributed by atoms with E-state index in [2.05, 4.69) is 20.9 Å². The van der Waals surface area contributed by atoms with Crippen molar-refractivity contribution in [2.45, 2.75) is 18.7 Å². The molecule has 0 saturated carbocycles. The average Bonchev–Trinajstić information content (AvgIpc) is 2.08. The maximum absolute atomic E-state index is 12.4. The van der Waals surface area contributed by atoms with Gasteiger partial charge in [-0.05, 0) is 18.1 Å². The molecule has 0 spiro atoms. The molecule has 0 radical (unpaired) electrons. The Balaban J connectivity index is 3.25. The molecule has 1 heterocycles. The lowest BCUT2D eigenvalue weighted by atomic mass is 10.2. The minimum atomic E-state index is -2.58. The Hall–Kier alpha value is -0.220. The summed E-state index contributed by atoms with van der Waals surface area (Å²) in [6, 6.07) is 1.62. The summed E-state index contributed by atoms with van der Waals surface area (Å²) in [6.07, 6.45) is -2.58. The lowest BCUT2D eigenvalue weighted by molar-refractivity contribution is 0.145. The summed E-state index contributed by atoms with van der Waals surface area (Å²) in [7, 11) is 0. The van der Waals surface area contributed by atoms with Crippen molar-refractivity contribution in [3.8, 4) is 0 Å². The molecule has 0 saturated heterocycles. The maximum Gasteiger partial charge on any atom is 0.280 e. The number of nitrogens with zero attached hydrogens (tertiary/aromatic N) is 1. The van der Waals surface area contributed by atoms with E-state index in [1.165, 1.54) is 0 Å². The summed E-state index contributed by atoms with van der Waals surface area (Å²) in [4.78, 5) is 3.63. The van der Waals surface area contributed by atoms with Gasteiger partial charge >= 0.3 is 0 Å². The largest absolute Gasteiger partial charge is 0.280 e. The Labute approximate surface area is 88.2 Å². The quantitative estimate of drug-likeness (QED) is 0.587. The monoisotopic (exact) mass is 269 g/mol. The molecular formula is C8H7BrClF2N. The Bertz CT molecular complexity index is 317. The van der Waals surface area contributed by atoms with E-state index in [-0.39, 0.29) is 10.8 Å². The Morgan fingerprint density at radius 3 is 2.69 bits per heavy atom. The van der Waals surface area contributed by atoms with Gasteiger partial charge in [0.1, 0.15) is 10.8 Å². The molecule has 1 aromatic rings. The molecule has 72 valence electrons. The summed E-state index contributed by atoms with van der Waals surface area (Å²) in [5.41, 5.74) is 0.949. The molecule has 5 heteroatoms. The first kappa shape index (κ1) is 10.9. The van der Waals surface area contributed by atoms with Crippen molar-refractivity contribution >= 4 is 27.5 Å². The van der Waals surface area contributed by atoms with Gasteiger partial charge in [-0.3, -0.25) is 0 Å². The highest BCUT2D eigenvalue weighted by molar-refractivity contribution is 9.08. The zero-order chi connectivity index (χ0) is 10.0. The van der Waals surface area contributed by atoms with E-state index in [1.54, 1.807) is 13.0 Å². The van der Waals surface area contributed by atoms with Crippen LogP contribution in [0, 0.1) is 6.92 Å². The number of pyridine rings is 1. The molecule has 13 heavy (non-hydrogen) atoms. The van der Waals surface area contributed by atoms with Gasteiger partial charge in [0.05, 0.1) is 0 Å². The standard InChI is InChI=1S/C8H7BrClF2N/c1-4-2-5(3-9)6(8(11)12)13-7(4)10/h2,8H,3H2,1H3. The molecule has 0 aromatic carbocycles. The van der Waals surface area contributed by atoms with Crippen LogP contribution in [0.5, 0.6) is 0 Å². The van der Waals surface area contributed by atoms with Crippen molar-refractivity contribution in [3.05, 3.63) is 28.0 Å². The zero-order valence-corrected chi connectivity index (χ0v) is 9.16. The van der Waals surface area contributed by atoms with Gasteiger partial charge in [-0.2, -0.15) is 0 Å². The minimum Gasteiger partial charge on any atom is -0.235 e. The van der Waals surface area contributed by atoms with E-state index >= 15 is 0 Å².